The molecule has 0 aromatic heterocycles. The largest absolute Gasteiger partial charge is 0.493 e. The van der Waals surface area contributed by atoms with Crippen molar-refractivity contribution in [1.29, 1.82) is 0 Å². The predicted octanol–water partition coefficient (Wildman–Crippen LogP) is 1.63. The number of nitrogens with one attached hydrogen (secondary N) is 1. The summed E-state index contributed by atoms with van der Waals surface area (Å²) < 4.78 is 34.8. The van der Waals surface area contributed by atoms with Crippen LogP contribution in [0, 0.1) is 0 Å². The monoisotopic (exact) mass is 287 g/mol. The van der Waals surface area contributed by atoms with Gasteiger partial charge in [0.2, 0.25) is 10.0 Å². The third-order valence-corrected chi connectivity index (χ3v) is 2.69. The van der Waals surface area contributed by atoms with Crippen molar-refractivity contribution in [2.45, 2.75) is 13.8 Å². The van der Waals surface area contributed by atoms with E-state index < -0.39 is 16.0 Å². The van der Waals surface area contributed by atoms with E-state index in [-0.39, 0.29) is 17.9 Å². The Bertz CT molecular complexity index is 553. The average Bonchev–Trinajstić information content (AvgIpc) is 2.27. The van der Waals surface area contributed by atoms with Crippen molar-refractivity contribution >= 4 is 21.7 Å². The van der Waals surface area contributed by atoms with Gasteiger partial charge in [0.25, 0.3) is 0 Å². The maximum atomic E-state index is 11.7. The molecule has 0 fully saturated rings. The maximum absolute atomic E-state index is 11.7. The molecule has 0 saturated carbocycles. The van der Waals surface area contributed by atoms with E-state index in [9.17, 15) is 13.2 Å². The standard InChI is InChI=1S/C12H17NO5S/c1-4-17-11-8-9(13-19(3,15)16)6-7-10(11)12(14)18-5-2/h6-8,13H,4-5H2,1-3H3. The van der Waals surface area contributed by atoms with Gasteiger partial charge in [0.1, 0.15) is 11.3 Å². The van der Waals surface area contributed by atoms with E-state index in [0.29, 0.717) is 12.3 Å². The Balaban J connectivity index is 3.10. The van der Waals surface area contributed by atoms with Crippen LogP contribution in [0.5, 0.6) is 5.75 Å². The van der Waals surface area contributed by atoms with E-state index in [1.54, 1.807) is 13.8 Å². The molecule has 1 aromatic rings. The molecule has 0 radical (unpaired) electrons. The van der Waals surface area contributed by atoms with Gasteiger partial charge in [-0.05, 0) is 26.0 Å². The first kappa shape index (κ1) is 15.3. The van der Waals surface area contributed by atoms with Crippen LogP contribution in [0.3, 0.4) is 0 Å². The van der Waals surface area contributed by atoms with Crippen LogP contribution in [0.4, 0.5) is 5.69 Å². The van der Waals surface area contributed by atoms with Crippen molar-refractivity contribution in [3.8, 4) is 5.75 Å². The molecule has 0 saturated heterocycles. The minimum atomic E-state index is -3.37. The van der Waals surface area contributed by atoms with Crippen molar-refractivity contribution in [1.82, 2.24) is 0 Å². The first-order valence-corrected chi connectivity index (χ1v) is 7.68. The van der Waals surface area contributed by atoms with Crippen LogP contribution in [-0.4, -0.2) is 33.9 Å². The number of carbonyl (C=O) groups is 1. The summed E-state index contributed by atoms with van der Waals surface area (Å²) in [5, 5.41) is 0. The zero-order valence-electron chi connectivity index (χ0n) is 11.1. The van der Waals surface area contributed by atoms with Gasteiger partial charge in [0, 0.05) is 6.07 Å². The number of rotatable bonds is 6. The summed E-state index contributed by atoms with van der Waals surface area (Å²) in [5.41, 5.74) is 0.599. The minimum Gasteiger partial charge on any atom is -0.493 e. The highest BCUT2D eigenvalue weighted by Gasteiger charge is 2.15. The Morgan fingerprint density at radius 3 is 2.47 bits per heavy atom. The molecular weight excluding hydrogens is 270 g/mol. The molecule has 0 aliphatic rings. The summed E-state index contributed by atoms with van der Waals surface area (Å²) in [7, 11) is -3.37. The average molecular weight is 287 g/mol. The van der Waals surface area contributed by atoms with Crippen LogP contribution in [0.25, 0.3) is 0 Å². The molecular formula is C12H17NO5S. The lowest BCUT2D eigenvalue weighted by atomic mass is 10.2. The molecule has 0 amide bonds. The summed E-state index contributed by atoms with van der Waals surface area (Å²) in [6.45, 7) is 4.09. The highest BCUT2D eigenvalue weighted by Crippen LogP contribution is 2.25. The van der Waals surface area contributed by atoms with Crippen LogP contribution in [0.1, 0.15) is 24.2 Å². The fraction of sp³-hybridized carbons (Fsp3) is 0.417. The lowest BCUT2D eigenvalue weighted by molar-refractivity contribution is 0.0522. The van der Waals surface area contributed by atoms with Gasteiger partial charge in [0.15, 0.2) is 0 Å². The van der Waals surface area contributed by atoms with E-state index >= 15 is 0 Å². The van der Waals surface area contributed by atoms with E-state index in [0.717, 1.165) is 6.26 Å². The second kappa shape index (κ2) is 6.42. The van der Waals surface area contributed by atoms with Crippen LogP contribution in [0.15, 0.2) is 18.2 Å². The van der Waals surface area contributed by atoms with E-state index in [2.05, 4.69) is 4.72 Å². The van der Waals surface area contributed by atoms with Gasteiger partial charge in [-0.3, -0.25) is 4.72 Å². The molecule has 7 heteroatoms. The number of anilines is 1. The molecule has 6 nitrogen and oxygen atoms in total. The molecule has 1 aromatic carbocycles. The highest BCUT2D eigenvalue weighted by atomic mass is 32.2. The number of hydrogen-bond acceptors (Lipinski definition) is 5. The van der Waals surface area contributed by atoms with Gasteiger partial charge >= 0.3 is 5.97 Å². The van der Waals surface area contributed by atoms with E-state index in [1.165, 1.54) is 18.2 Å². The molecule has 0 bridgehead atoms. The summed E-state index contributed by atoms with van der Waals surface area (Å²) >= 11 is 0. The quantitative estimate of drug-likeness (QED) is 0.804. The lowest BCUT2D eigenvalue weighted by Crippen LogP contribution is -2.11. The van der Waals surface area contributed by atoms with Crippen molar-refractivity contribution < 1.29 is 22.7 Å². The fourth-order valence-electron chi connectivity index (χ4n) is 1.45. The SMILES string of the molecule is CCOC(=O)c1ccc(NS(C)(=O)=O)cc1OCC. The summed E-state index contributed by atoms with van der Waals surface area (Å²) in [5.74, 6) is -0.216. The zero-order chi connectivity index (χ0) is 14.5. The Morgan fingerprint density at radius 2 is 1.95 bits per heavy atom. The van der Waals surface area contributed by atoms with Gasteiger partial charge in [-0.2, -0.15) is 0 Å². The zero-order valence-corrected chi connectivity index (χ0v) is 11.9. The van der Waals surface area contributed by atoms with Gasteiger partial charge in [-0.15, -0.1) is 0 Å². The molecule has 1 rings (SSSR count). The number of sulfonamides is 1. The number of hydrogen-bond donors (Lipinski definition) is 1. The predicted molar refractivity (Wildman–Crippen MR) is 72.0 cm³/mol. The third kappa shape index (κ3) is 4.78. The second-order valence-corrected chi connectivity index (χ2v) is 5.49. The smallest absolute Gasteiger partial charge is 0.341 e. The normalized spacial score (nSPS) is 10.9. The summed E-state index contributed by atoms with van der Waals surface area (Å²) in [6.07, 6.45) is 1.05. The van der Waals surface area contributed by atoms with Gasteiger partial charge in [0.05, 0.1) is 25.2 Å². The first-order valence-electron chi connectivity index (χ1n) is 5.79. The summed E-state index contributed by atoms with van der Waals surface area (Å²) in [6, 6.07) is 4.41. The first-order chi connectivity index (χ1) is 8.87. The second-order valence-electron chi connectivity index (χ2n) is 3.74. The van der Waals surface area contributed by atoms with Crippen molar-refractivity contribution in [3.05, 3.63) is 23.8 Å². The van der Waals surface area contributed by atoms with Crippen molar-refractivity contribution in [3.63, 3.8) is 0 Å². The highest BCUT2D eigenvalue weighted by molar-refractivity contribution is 7.92. The number of esters is 1. The van der Waals surface area contributed by atoms with Gasteiger partial charge < -0.3 is 9.47 Å². The molecule has 0 spiro atoms. The minimum absolute atomic E-state index is 0.258. The number of ether oxygens (including phenoxy) is 2. The van der Waals surface area contributed by atoms with Gasteiger partial charge in [-0.1, -0.05) is 0 Å². The molecule has 0 heterocycles. The van der Waals surface area contributed by atoms with Crippen LogP contribution in [-0.2, 0) is 14.8 Å². The van der Waals surface area contributed by atoms with Crippen molar-refractivity contribution in [2.75, 3.05) is 24.2 Å². The topological polar surface area (TPSA) is 81.7 Å². The lowest BCUT2D eigenvalue weighted by Gasteiger charge is -2.12. The van der Waals surface area contributed by atoms with Gasteiger partial charge in [-0.25, -0.2) is 13.2 Å². The Morgan fingerprint density at radius 1 is 1.26 bits per heavy atom. The van der Waals surface area contributed by atoms with Crippen molar-refractivity contribution in [2.24, 2.45) is 0 Å². The van der Waals surface area contributed by atoms with Crippen LogP contribution < -0.4 is 9.46 Å². The molecule has 0 atom stereocenters. The fourth-order valence-corrected chi connectivity index (χ4v) is 2.01. The third-order valence-electron chi connectivity index (χ3n) is 2.08. The molecule has 0 aliphatic carbocycles. The molecule has 19 heavy (non-hydrogen) atoms. The van der Waals surface area contributed by atoms with E-state index in [1.807, 2.05) is 0 Å². The molecule has 1 N–H and O–H groups in total. The number of benzene rings is 1. The number of carbonyl (C=O) groups excluding carboxylic acids is 1. The molecule has 106 valence electrons. The Kier molecular flexibility index (Phi) is 5.17. The Hall–Kier alpha value is -1.76. The van der Waals surface area contributed by atoms with Crippen LogP contribution >= 0.6 is 0 Å². The summed E-state index contributed by atoms with van der Waals surface area (Å²) in [4.78, 5) is 11.7. The molecule has 0 unspecified atom stereocenters. The molecule has 0 aliphatic heterocycles. The van der Waals surface area contributed by atoms with Crippen LogP contribution in [0.2, 0.25) is 0 Å². The maximum Gasteiger partial charge on any atom is 0.341 e. The Labute approximate surface area is 112 Å². The van der Waals surface area contributed by atoms with E-state index in [4.69, 9.17) is 9.47 Å².